The summed E-state index contributed by atoms with van der Waals surface area (Å²) in [6.07, 6.45) is 16.5. The molecule has 4 fully saturated rings. The second kappa shape index (κ2) is 43.2. The van der Waals surface area contributed by atoms with E-state index in [0.717, 1.165) is 70.5 Å². The number of ketones is 1. The van der Waals surface area contributed by atoms with Crippen LogP contribution in [0, 0.1) is 26.7 Å². The number of carbonyl (C=O) groups is 3. The number of pyridine rings is 5. The van der Waals surface area contributed by atoms with Gasteiger partial charge < -0.3 is 54.2 Å². The third-order valence-electron chi connectivity index (χ3n) is 25.8. The first-order valence-corrected chi connectivity index (χ1v) is 51.6. The van der Waals surface area contributed by atoms with Gasteiger partial charge in [-0.1, -0.05) is 133 Å². The quantitative estimate of drug-likeness (QED) is 0.0461. The van der Waals surface area contributed by atoms with E-state index in [0.29, 0.717) is 191 Å². The Morgan fingerprint density at radius 3 is 1.33 bits per heavy atom. The molecular weight excluding hydrogens is 1910 g/mol. The second-order valence-electron chi connectivity index (χ2n) is 35.3. The maximum absolute atomic E-state index is 13.4. The van der Waals surface area contributed by atoms with Gasteiger partial charge in [0.2, 0.25) is 0 Å². The Balaban J connectivity index is 0.000000110. The number of amides is 2. The number of phenolic OH excluding ortho intramolecular Hbond substituents is 1. The van der Waals surface area contributed by atoms with Gasteiger partial charge >= 0.3 is 0 Å². The van der Waals surface area contributed by atoms with Crippen LogP contribution in [0.25, 0.3) is 131 Å². The summed E-state index contributed by atoms with van der Waals surface area (Å²) in [5.41, 5.74) is 16.9. The second-order valence-corrected chi connectivity index (χ2v) is 39.7. The summed E-state index contributed by atoms with van der Waals surface area (Å²) in [5.74, 6) is 3.28. The molecule has 720 valence electrons. The molecule has 24 rings (SSSR count). The van der Waals surface area contributed by atoms with Crippen LogP contribution in [-0.4, -0.2) is 165 Å². The van der Waals surface area contributed by atoms with E-state index in [1.54, 1.807) is 94.5 Å². The first kappa shape index (κ1) is 95.6. The van der Waals surface area contributed by atoms with Gasteiger partial charge in [-0.15, -0.1) is 56.7 Å². The van der Waals surface area contributed by atoms with E-state index < -0.39 is 0 Å². The Bertz CT molecular complexity index is 8380. The molecule has 20 aromatic rings. The molecule has 0 radical (unpaired) electrons. The van der Waals surface area contributed by atoms with Crippen molar-refractivity contribution < 1.29 is 29.0 Å². The molecule has 6 N–H and O–H groups in total. The minimum Gasteiger partial charge on any atom is -0.508 e. The van der Waals surface area contributed by atoms with Crippen molar-refractivity contribution in [3.63, 3.8) is 0 Å². The molecule has 4 aliphatic rings. The van der Waals surface area contributed by atoms with Crippen LogP contribution in [0.5, 0.6) is 11.5 Å². The number of hydrogen-bond acceptors (Lipinski definition) is 27. The number of ether oxygens (including phenoxy) is 2. The molecule has 0 bridgehead atoms. The lowest BCUT2D eigenvalue weighted by Gasteiger charge is -2.36. The van der Waals surface area contributed by atoms with Crippen molar-refractivity contribution in [3.8, 4) is 91.3 Å². The predicted octanol–water partition coefficient (Wildman–Crippen LogP) is 20.3. The van der Waals surface area contributed by atoms with E-state index in [-0.39, 0.29) is 63.2 Å². The van der Waals surface area contributed by atoms with Crippen molar-refractivity contribution in [2.75, 3.05) is 50.8 Å². The number of likely N-dealkylation sites (tertiary alicyclic amines) is 1. The Morgan fingerprint density at radius 2 is 0.854 bits per heavy atom. The number of benzene rings is 5. The Morgan fingerprint density at radius 1 is 0.417 bits per heavy atom. The summed E-state index contributed by atoms with van der Waals surface area (Å²) in [5, 5.41) is 19.2. The van der Waals surface area contributed by atoms with Crippen molar-refractivity contribution in [2.45, 2.75) is 90.3 Å². The van der Waals surface area contributed by atoms with E-state index in [9.17, 15) is 43.5 Å². The van der Waals surface area contributed by atoms with Crippen molar-refractivity contribution in [2.24, 2.45) is 5.92 Å². The van der Waals surface area contributed by atoms with Crippen LogP contribution in [-0.2, 0) is 11.2 Å². The maximum atomic E-state index is 13.4. The molecule has 2 amide bonds. The zero-order valence-corrected chi connectivity index (χ0v) is 82.4. The lowest BCUT2D eigenvalue weighted by Crippen LogP contribution is -2.48. The number of fused-ring (bicyclic) bond motifs is 5. The Kier molecular flexibility index (Phi) is 28.7. The summed E-state index contributed by atoms with van der Waals surface area (Å²) >= 11 is 6.58. The molecule has 15 aromatic heterocycles. The summed E-state index contributed by atoms with van der Waals surface area (Å²) in [7, 11) is 0. The van der Waals surface area contributed by atoms with Crippen LogP contribution < -0.4 is 37.4 Å². The number of aryl methyl sites for hydroxylation is 3. The molecule has 1 saturated carbocycles. The average Bonchev–Trinajstić information content (AvgIpc) is 1.63. The number of nitrogens with one attached hydrogen (secondary N) is 5. The monoisotopic (exact) mass is 2000 g/mol. The van der Waals surface area contributed by atoms with E-state index in [1.165, 1.54) is 91.8 Å². The summed E-state index contributed by atoms with van der Waals surface area (Å²) in [6.45, 7) is 10.4. The lowest BCUT2D eigenvalue weighted by molar-refractivity contribution is -0.00456. The normalized spacial score (nSPS) is 15.2. The number of aromatic amines is 5. The van der Waals surface area contributed by atoms with Crippen LogP contribution >= 0.6 is 56.7 Å². The highest BCUT2D eigenvalue weighted by Crippen LogP contribution is 2.40. The van der Waals surface area contributed by atoms with Crippen LogP contribution in [0.15, 0.2) is 294 Å². The van der Waals surface area contributed by atoms with Gasteiger partial charge in [0.1, 0.15) is 74.5 Å². The summed E-state index contributed by atoms with van der Waals surface area (Å²) in [4.78, 5) is 167. The highest BCUT2D eigenvalue weighted by Gasteiger charge is 2.34. The molecule has 3 saturated heterocycles. The number of nitrogens with zero attached hydrogens (tertiary/aromatic N) is 13. The van der Waals surface area contributed by atoms with Crippen molar-refractivity contribution in [1.29, 1.82) is 0 Å². The van der Waals surface area contributed by atoms with Crippen LogP contribution in [0.2, 0.25) is 0 Å². The molecule has 0 spiro atoms. The number of aromatic nitrogens is 15. The van der Waals surface area contributed by atoms with E-state index in [4.69, 9.17) is 19.4 Å². The minimum absolute atomic E-state index is 0.00967. The zero-order chi connectivity index (χ0) is 98.9. The van der Waals surface area contributed by atoms with Crippen molar-refractivity contribution >= 4 is 131 Å². The first-order valence-electron chi connectivity index (χ1n) is 47.2. The molecule has 3 unspecified atom stereocenters. The number of carbonyl (C=O) groups excluding carboxylic acids is 3. The summed E-state index contributed by atoms with van der Waals surface area (Å²) in [6, 6.07) is 67.8. The Labute approximate surface area is 843 Å². The molecule has 29 nitrogen and oxygen atoms in total. The number of piperazine rings is 1. The van der Waals surface area contributed by atoms with Crippen LogP contribution in [0.4, 0.5) is 5.69 Å². The van der Waals surface area contributed by atoms with Crippen LogP contribution in [0.3, 0.4) is 0 Å². The highest BCUT2D eigenvalue weighted by molar-refractivity contribution is 7.19. The number of Topliss-reactive ketones (excluding diaryl/α,β-unsaturated/α-hetero) is 1. The number of H-pyrrole nitrogens is 5. The third kappa shape index (κ3) is 21.2. The van der Waals surface area contributed by atoms with Gasteiger partial charge in [-0.25, -0.2) is 24.9 Å². The smallest absolute Gasteiger partial charge is 0.269 e. The average molecular weight is 2000 g/mol. The SMILES string of the molecule is Cc1ccc(-c2csc3c(=O)[nH]c(-c4ccccn4)nc23)c(C)c1.Cc1ccc(N2CCN(C(=O)c3csc4c(=O)[nH]c(-c5ccccn5)nc34)CC2)cc1O.O=C(c1csc2c(=O)[nH]c(-c3ccccn3)nc12)C1CCOC(Cc2ccccc2)C1.O=C(c1csc2c(=O)[nH]c(-c3ccccn3)nc12)N1CCC(c2ccccc2)C1.O=c1[nH]c(-c2ccccn2)nc2c(-c3ccc(OC4CCCC4)cc3)csc12. The van der Waals surface area contributed by atoms with Gasteiger partial charge in [-0.05, 0) is 184 Å². The molecule has 3 atom stereocenters. The number of rotatable bonds is 17. The molecule has 18 heterocycles. The van der Waals surface area contributed by atoms with Gasteiger partial charge in [0.25, 0.3) is 39.6 Å². The zero-order valence-electron chi connectivity index (χ0n) is 78.3. The molecule has 5 aromatic carbocycles. The number of phenols is 1. The number of anilines is 1. The molecular formula is C110H94N18O11S5. The maximum Gasteiger partial charge on any atom is 0.269 e. The number of aromatic hydroxyl groups is 1. The van der Waals surface area contributed by atoms with Crippen molar-refractivity contribution in [1.82, 2.24) is 84.6 Å². The fourth-order valence-electron chi connectivity index (χ4n) is 18.3. The largest absolute Gasteiger partial charge is 0.508 e. The molecule has 34 heteroatoms. The lowest BCUT2D eigenvalue weighted by atomic mass is 9.87. The highest BCUT2D eigenvalue weighted by atomic mass is 32.1. The number of hydrogen-bond donors (Lipinski definition) is 6. The van der Waals surface area contributed by atoms with E-state index in [1.807, 2.05) is 150 Å². The van der Waals surface area contributed by atoms with Gasteiger partial charge in [-0.3, -0.25) is 63.3 Å². The third-order valence-corrected chi connectivity index (χ3v) is 30.6. The molecule has 144 heavy (non-hydrogen) atoms. The molecule has 1 aliphatic carbocycles. The van der Waals surface area contributed by atoms with E-state index in [2.05, 4.69) is 126 Å². The Hall–Kier alpha value is -16.0. The minimum atomic E-state index is -0.274. The van der Waals surface area contributed by atoms with Gasteiger partial charge in [0, 0.05) is 138 Å². The fourth-order valence-corrected chi connectivity index (χ4v) is 22.7. The molecule has 3 aliphatic heterocycles. The van der Waals surface area contributed by atoms with E-state index >= 15 is 0 Å². The fraction of sp³-hybridized carbons (Fsp3) is 0.200. The topological polar surface area (TPSA) is 393 Å². The summed E-state index contributed by atoms with van der Waals surface area (Å²) < 4.78 is 14.6. The van der Waals surface area contributed by atoms with Gasteiger partial charge in [0.05, 0.1) is 45.4 Å². The van der Waals surface area contributed by atoms with Gasteiger partial charge in [0.15, 0.2) is 34.9 Å². The van der Waals surface area contributed by atoms with Gasteiger partial charge in [-0.2, -0.15) is 0 Å². The standard InChI is InChI=1S/C24H21N3O3S.C23H21N5O3S.C22H18N4O2S.C22H19N3O2S.C19H15N3OS/c28-21(16-9-11-30-17(13-16)12-15-6-2-1-3-7-15)18-14-31-22-20(18)26-23(27-24(22)29)19-8-4-5-10-25-19;1-14-5-6-15(12-18(14)29)27-8-10-28(11-9-27)23(31)16-13-32-20-19(16)25-21(26-22(20)30)17-4-2-3-7-24-17;27-21-19-18(24-20(25-21)17-8-4-5-10-23-17)16(13-29-19)22(28)26-11-9-15(12-26)14-6-2-1-3-7-14;26-22-20-19(24-21(25-22)18-7-3-4-12-23-18)17(13-28-20)14-8-10-16(11-9-14)27-15-5-1-2-6-15;1-11-6-7-13(12(2)9-11)14-10-24-17-16(14)21-18(22-19(17)23)15-5-3-4-8-20-15/h1-8,10,14,16-17H,9,11-13H2,(H,26,27,29);2-7,12-13,29H,8-11H2,1H3,(H,25,26,30);1-8,10,13,15H,9,11-12H2,(H,24,25,27);3-4,7-13,15H,1-2,5-6H2,(H,24,25,26);3-10H,1-2H3,(H,21,22,23). The number of thiophene rings is 5. The van der Waals surface area contributed by atoms with Crippen LogP contribution in [0.1, 0.15) is 110 Å². The predicted molar refractivity (Wildman–Crippen MR) is 568 cm³/mol. The first-order chi connectivity index (χ1) is 70.3. The van der Waals surface area contributed by atoms with Crippen molar-refractivity contribution in [3.05, 3.63) is 366 Å².